The summed E-state index contributed by atoms with van der Waals surface area (Å²) in [6.07, 6.45) is 0.586. The first-order valence-corrected chi connectivity index (χ1v) is 5.99. The summed E-state index contributed by atoms with van der Waals surface area (Å²) in [5, 5.41) is 2.71. The Labute approximate surface area is 104 Å². The van der Waals surface area contributed by atoms with Crippen LogP contribution < -0.4 is 11.1 Å². The minimum atomic E-state index is -0.454. The third-order valence-electron chi connectivity index (χ3n) is 2.06. The monoisotopic (exact) mass is 318 g/mol. The molecule has 1 unspecified atom stereocenters. The van der Waals surface area contributed by atoms with E-state index in [1.807, 2.05) is 31.2 Å². The molecule has 0 saturated heterocycles. The van der Waals surface area contributed by atoms with Gasteiger partial charge in [-0.15, -0.1) is 0 Å². The third-order valence-corrected chi connectivity index (χ3v) is 2.78. The van der Waals surface area contributed by atoms with Crippen molar-refractivity contribution in [1.29, 1.82) is 0 Å². The van der Waals surface area contributed by atoms with E-state index in [1.54, 1.807) is 0 Å². The van der Waals surface area contributed by atoms with Crippen LogP contribution in [0.3, 0.4) is 0 Å². The molecule has 15 heavy (non-hydrogen) atoms. The normalized spacial score (nSPS) is 12.2. The van der Waals surface area contributed by atoms with Crippen molar-refractivity contribution >= 4 is 28.5 Å². The van der Waals surface area contributed by atoms with Crippen molar-refractivity contribution in [1.82, 2.24) is 5.32 Å². The lowest BCUT2D eigenvalue weighted by atomic mass is 10.1. The summed E-state index contributed by atoms with van der Waals surface area (Å²) in [5.41, 5.74) is 6.85. The first-order chi connectivity index (χ1) is 7.13. The lowest BCUT2D eigenvalue weighted by Crippen LogP contribution is -2.41. The van der Waals surface area contributed by atoms with E-state index in [-0.39, 0.29) is 5.91 Å². The molecule has 3 N–H and O–H groups in total. The van der Waals surface area contributed by atoms with Gasteiger partial charge in [0.25, 0.3) is 0 Å². The molecule has 1 aromatic carbocycles. The Morgan fingerprint density at radius 1 is 1.47 bits per heavy atom. The van der Waals surface area contributed by atoms with Gasteiger partial charge in [0, 0.05) is 10.1 Å². The molecule has 4 heteroatoms. The van der Waals surface area contributed by atoms with E-state index < -0.39 is 6.04 Å². The first kappa shape index (κ1) is 12.4. The van der Waals surface area contributed by atoms with Gasteiger partial charge in [0.1, 0.15) is 0 Å². The molecule has 1 rings (SSSR count). The second-order valence-electron chi connectivity index (χ2n) is 3.33. The summed E-state index contributed by atoms with van der Waals surface area (Å²) in [7, 11) is 0. The molecule has 0 aliphatic rings. The summed E-state index contributed by atoms with van der Waals surface area (Å²) in [5.74, 6) is -0.0870. The predicted molar refractivity (Wildman–Crippen MR) is 69.5 cm³/mol. The summed E-state index contributed by atoms with van der Waals surface area (Å²) in [6.45, 7) is 2.51. The molecule has 1 amide bonds. The quantitative estimate of drug-likeness (QED) is 0.822. The summed E-state index contributed by atoms with van der Waals surface area (Å²) in [4.78, 5) is 11.4. The average molecular weight is 318 g/mol. The predicted octanol–water partition coefficient (Wildman–Crippen LogP) is 1.30. The van der Waals surface area contributed by atoms with Crippen molar-refractivity contribution in [2.24, 2.45) is 5.73 Å². The number of hydrogen-bond donors (Lipinski definition) is 2. The number of amides is 1. The van der Waals surface area contributed by atoms with Gasteiger partial charge in [0.2, 0.25) is 5.91 Å². The Kier molecular flexibility index (Phi) is 5.04. The van der Waals surface area contributed by atoms with Crippen LogP contribution in [0.5, 0.6) is 0 Å². The van der Waals surface area contributed by atoms with Crippen molar-refractivity contribution < 1.29 is 4.79 Å². The fourth-order valence-corrected chi connectivity index (χ4v) is 1.63. The zero-order valence-corrected chi connectivity index (χ0v) is 10.8. The van der Waals surface area contributed by atoms with Gasteiger partial charge < -0.3 is 11.1 Å². The number of carbonyl (C=O) groups is 1. The SMILES string of the molecule is CCNC(=O)C(N)Cc1ccc(I)cc1. The molecular formula is C11H15IN2O. The van der Waals surface area contributed by atoms with Crippen LogP contribution in [0, 0.1) is 3.57 Å². The van der Waals surface area contributed by atoms with E-state index in [2.05, 4.69) is 27.9 Å². The molecule has 0 bridgehead atoms. The van der Waals surface area contributed by atoms with Crippen LogP contribution in [0.1, 0.15) is 12.5 Å². The van der Waals surface area contributed by atoms with Crippen molar-refractivity contribution in [3.8, 4) is 0 Å². The smallest absolute Gasteiger partial charge is 0.237 e. The van der Waals surface area contributed by atoms with E-state index in [1.165, 1.54) is 3.57 Å². The first-order valence-electron chi connectivity index (χ1n) is 4.91. The Balaban J connectivity index is 2.54. The number of carbonyl (C=O) groups excluding carboxylic acids is 1. The maximum atomic E-state index is 11.4. The fourth-order valence-electron chi connectivity index (χ4n) is 1.27. The molecule has 0 saturated carbocycles. The van der Waals surface area contributed by atoms with Gasteiger partial charge in [0.05, 0.1) is 6.04 Å². The van der Waals surface area contributed by atoms with E-state index >= 15 is 0 Å². The molecule has 0 radical (unpaired) electrons. The molecule has 0 heterocycles. The second kappa shape index (κ2) is 6.07. The van der Waals surface area contributed by atoms with Crippen LogP contribution in [-0.4, -0.2) is 18.5 Å². The highest BCUT2D eigenvalue weighted by atomic mass is 127. The van der Waals surface area contributed by atoms with Gasteiger partial charge in [0.15, 0.2) is 0 Å². The van der Waals surface area contributed by atoms with Gasteiger partial charge in [-0.3, -0.25) is 4.79 Å². The van der Waals surface area contributed by atoms with Gasteiger partial charge in [-0.25, -0.2) is 0 Å². The van der Waals surface area contributed by atoms with Crippen LogP contribution in [0.25, 0.3) is 0 Å². The second-order valence-corrected chi connectivity index (χ2v) is 4.58. The Morgan fingerprint density at radius 2 is 2.07 bits per heavy atom. The van der Waals surface area contributed by atoms with Gasteiger partial charge in [-0.1, -0.05) is 12.1 Å². The van der Waals surface area contributed by atoms with Crippen LogP contribution >= 0.6 is 22.6 Å². The van der Waals surface area contributed by atoms with Crippen LogP contribution in [0.15, 0.2) is 24.3 Å². The topological polar surface area (TPSA) is 55.1 Å². The third kappa shape index (κ3) is 4.17. The number of likely N-dealkylation sites (N-methyl/N-ethyl adjacent to an activating group) is 1. The Bertz CT molecular complexity index is 324. The summed E-state index contributed by atoms with van der Waals surface area (Å²) >= 11 is 2.25. The number of benzene rings is 1. The maximum Gasteiger partial charge on any atom is 0.237 e. The van der Waals surface area contributed by atoms with E-state index in [4.69, 9.17) is 5.73 Å². The van der Waals surface area contributed by atoms with Gasteiger partial charge in [-0.2, -0.15) is 0 Å². The highest BCUT2D eigenvalue weighted by Gasteiger charge is 2.12. The lowest BCUT2D eigenvalue weighted by Gasteiger charge is -2.11. The molecule has 0 aliphatic carbocycles. The van der Waals surface area contributed by atoms with Crippen molar-refractivity contribution in [3.63, 3.8) is 0 Å². The van der Waals surface area contributed by atoms with E-state index in [9.17, 15) is 4.79 Å². The molecule has 0 aromatic heterocycles. The molecule has 1 aromatic rings. The average Bonchev–Trinajstić information content (AvgIpc) is 2.22. The molecule has 3 nitrogen and oxygen atoms in total. The number of hydrogen-bond acceptors (Lipinski definition) is 2. The van der Waals surface area contributed by atoms with E-state index in [0.717, 1.165) is 5.56 Å². The number of halogens is 1. The van der Waals surface area contributed by atoms with Crippen molar-refractivity contribution in [3.05, 3.63) is 33.4 Å². The Hall–Kier alpha value is -0.620. The minimum absolute atomic E-state index is 0.0870. The van der Waals surface area contributed by atoms with Crippen LogP contribution in [-0.2, 0) is 11.2 Å². The lowest BCUT2D eigenvalue weighted by molar-refractivity contribution is -0.122. The van der Waals surface area contributed by atoms with Gasteiger partial charge >= 0.3 is 0 Å². The zero-order chi connectivity index (χ0) is 11.3. The largest absolute Gasteiger partial charge is 0.355 e. The van der Waals surface area contributed by atoms with E-state index in [0.29, 0.717) is 13.0 Å². The van der Waals surface area contributed by atoms with Gasteiger partial charge in [-0.05, 0) is 53.6 Å². The number of rotatable bonds is 4. The molecule has 0 aliphatic heterocycles. The zero-order valence-electron chi connectivity index (χ0n) is 8.66. The summed E-state index contributed by atoms with van der Waals surface area (Å²) in [6, 6.07) is 7.58. The van der Waals surface area contributed by atoms with Crippen molar-refractivity contribution in [2.75, 3.05) is 6.54 Å². The molecule has 0 fully saturated rings. The Morgan fingerprint density at radius 3 is 2.60 bits per heavy atom. The molecular weight excluding hydrogens is 303 g/mol. The minimum Gasteiger partial charge on any atom is -0.355 e. The number of nitrogens with two attached hydrogens (primary N) is 1. The van der Waals surface area contributed by atoms with Crippen LogP contribution in [0.2, 0.25) is 0 Å². The molecule has 82 valence electrons. The van der Waals surface area contributed by atoms with Crippen LogP contribution in [0.4, 0.5) is 0 Å². The fraction of sp³-hybridized carbons (Fsp3) is 0.364. The van der Waals surface area contributed by atoms with Crippen molar-refractivity contribution in [2.45, 2.75) is 19.4 Å². The highest BCUT2D eigenvalue weighted by Crippen LogP contribution is 2.08. The summed E-state index contributed by atoms with van der Waals surface area (Å²) < 4.78 is 1.18. The molecule has 0 spiro atoms. The standard InChI is InChI=1S/C11H15IN2O/c1-2-14-11(15)10(13)7-8-3-5-9(12)6-4-8/h3-6,10H,2,7,13H2,1H3,(H,14,15). The molecule has 1 atom stereocenters. The highest BCUT2D eigenvalue weighted by molar-refractivity contribution is 14.1. The number of nitrogens with one attached hydrogen (secondary N) is 1. The maximum absolute atomic E-state index is 11.4.